The Labute approximate surface area is 175 Å². The van der Waals surface area contributed by atoms with Crippen LogP contribution < -0.4 is 10.9 Å². The lowest BCUT2D eigenvalue weighted by Gasteiger charge is -2.32. The van der Waals surface area contributed by atoms with Crippen molar-refractivity contribution in [3.8, 4) is 0 Å². The molecule has 0 unspecified atom stereocenters. The van der Waals surface area contributed by atoms with E-state index in [1.54, 1.807) is 18.2 Å². The van der Waals surface area contributed by atoms with Gasteiger partial charge in [0, 0.05) is 11.9 Å². The van der Waals surface area contributed by atoms with Crippen molar-refractivity contribution in [1.82, 2.24) is 15.1 Å². The van der Waals surface area contributed by atoms with Gasteiger partial charge in [-0.3, -0.25) is 9.59 Å². The van der Waals surface area contributed by atoms with E-state index in [1.165, 1.54) is 4.68 Å². The number of aromatic nitrogens is 2. The second-order valence-electron chi connectivity index (χ2n) is 7.33. The maximum Gasteiger partial charge on any atom is 0.274 e. The lowest BCUT2D eigenvalue weighted by Crippen LogP contribution is -2.45. The number of amides is 1. The Morgan fingerprint density at radius 1 is 0.867 bits per heavy atom. The number of nitrogens with zero attached hydrogens (tertiary/aromatic N) is 2. The van der Waals surface area contributed by atoms with Crippen molar-refractivity contribution >= 4 is 16.7 Å². The molecule has 1 N–H and O–H groups in total. The number of benzene rings is 3. The summed E-state index contributed by atoms with van der Waals surface area (Å²) >= 11 is 0. The standard InChI is InChI=1S/C25H23N3O2/c1-3-28-24(30)21-17-11-10-16-20(21)22(27-28)23(29)26-25(2,18-12-6-4-7-13-18)19-14-8-5-9-15-19/h4-17H,3H2,1-2H3,(H,26,29). The van der Waals surface area contributed by atoms with Gasteiger partial charge in [0.25, 0.3) is 11.5 Å². The second-order valence-corrected chi connectivity index (χ2v) is 7.33. The van der Waals surface area contributed by atoms with Crippen LogP contribution in [-0.4, -0.2) is 15.7 Å². The third kappa shape index (κ3) is 3.39. The van der Waals surface area contributed by atoms with E-state index in [2.05, 4.69) is 10.4 Å². The van der Waals surface area contributed by atoms with Crippen LogP contribution in [0.1, 0.15) is 35.5 Å². The zero-order chi connectivity index (χ0) is 21.1. The molecule has 0 saturated heterocycles. The highest BCUT2D eigenvalue weighted by atomic mass is 16.2. The molecule has 1 amide bonds. The van der Waals surface area contributed by atoms with Crippen LogP contribution >= 0.6 is 0 Å². The molecule has 0 atom stereocenters. The Morgan fingerprint density at radius 3 is 1.90 bits per heavy atom. The van der Waals surface area contributed by atoms with Crippen molar-refractivity contribution < 1.29 is 4.79 Å². The molecular formula is C25H23N3O2. The van der Waals surface area contributed by atoms with Crippen LogP contribution in [0.2, 0.25) is 0 Å². The average molecular weight is 397 g/mol. The summed E-state index contributed by atoms with van der Waals surface area (Å²) in [5.74, 6) is -0.330. The highest BCUT2D eigenvalue weighted by Crippen LogP contribution is 2.29. The van der Waals surface area contributed by atoms with Gasteiger partial charge < -0.3 is 5.32 Å². The Balaban J connectivity index is 1.85. The average Bonchev–Trinajstić information content (AvgIpc) is 2.80. The van der Waals surface area contributed by atoms with Crippen molar-refractivity contribution in [3.05, 3.63) is 112 Å². The molecule has 1 aromatic heterocycles. The first-order valence-electron chi connectivity index (χ1n) is 9.98. The molecule has 4 aromatic rings. The predicted molar refractivity (Wildman–Crippen MR) is 118 cm³/mol. The molecule has 4 rings (SSSR count). The molecule has 0 aliphatic heterocycles. The second kappa shape index (κ2) is 7.95. The number of hydrogen-bond acceptors (Lipinski definition) is 3. The Kier molecular flexibility index (Phi) is 5.19. The minimum absolute atomic E-state index is 0.196. The molecule has 150 valence electrons. The topological polar surface area (TPSA) is 64.0 Å². The Bertz CT molecular complexity index is 1210. The number of nitrogens with one attached hydrogen (secondary N) is 1. The van der Waals surface area contributed by atoms with Gasteiger partial charge in [-0.05, 0) is 31.0 Å². The first-order chi connectivity index (χ1) is 14.5. The molecule has 0 aliphatic rings. The van der Waals surface area contributed by atoms with Crippen molar-refractivity contribution in [2.24, 2.45) is 0 Å². The van der Waals surface area contributed by atoms with Gasteiger partial charge in [-0.1, -0.05) is 78.9 Å². The maximum absolute atomic E-state index is 13.5. The zero-order valence-electron chi connectivity index (χ0n) is 17.0. The normalized spacial score (nSPS) is 11.4. The monoisotopic (exact) mass is 397 g/mol. The molecule has 0 bridgehead atoms. The van der Waals surface area contributed by atoms with E-state index in [0.717, 1.165) is 11.1 Å². The van der Waals surface area contributed by atoms with Crippen LogP contribution in [-0.2, 0) is 12.1 Å². The van der Waals surface area contributed by atoms with E-state index in [9.17, 15) is 9.59 Å². The molecule has 0 radical (unpaired) electrons. The summed E-state index contributed by atoms with van der Waals surface area (Å²) in [5, 5.41) is 8.61. The first-order valence-corrected chi connectivity index (χ1v) is 9.98. The van der Waals surface area contributed by atoms with E-state index < -0.39 is 5.54 Å². The van der Waals surface area contributed by atoms with Crippen LogP contribution in [0.4, 0.5) is 0 Å². The molecular weight excluding hydrogens is 374 g/mol. The lowest BCUT2D eigenvalue weighted by molar-refractivity contribution is 0.0913. The molecule has 3 aromatic carbocycles. The highest BCUT2D eigenvalue weighted by molar-refractivity contribution is 6.05. The summed E-state index contributed by atoms with van der Waals surface area (Å²) in [7, 11) is 0. The third-order valence-corrected chi connectivity index (χ3v) is 5.45. The van der Waals surface area contributed by atoms with Crippen LogP contribution in [0.3, 0.4) is 0 Å². The van der Waals surface area contributed by atoms with Gasteiger partial charge in [0.1, 0.15) is 0 Å². The maximum atomic E-state index is 13.5. The summed E-state index contributed by atoms with van der Waals surface area (Å²) in [5.41, 5.74) is 1.19. The fraction of sp³-hybridized carbons (Fsp3) is 0.160. The number of aryl methyl sites for hydroxylation is 1. The summed E-state index contributed by atoms with van der Waals surface area (Å²) in [6.07, 6.45) is 0. The quantitative estimate of drug-likeness (QED) is 0.551. The van der Waals surface area contributed by atoms with Crippen LogP contribution in [0.15, 0.2) is 89.7 Å². The van der Waals surface area contributed by atoms with Crippen molar-refractivity contribution in [2.75, 3.05) is 0 Å². The van der Waals surface area contributed by atoms with E-state index in [-0.39, 0.29) is 17.2 Å². The molecule has 30 heavy (non-hydrogen) atoms. The summed E-state index contributed by atoms with van der Waals surface area (Å²) in [6.45, 7) is 4.20. The van der Waals surface area contributed by atoms with Gasteiger partial charge in [-0.2, -0.15) is 5.10 Å². The van der Waals surface area contributed by atoms with Gasteiger partial charge >= 0.3 is 0 Å². The number of rotatable bonds is 5. The third-order valence-electron chi connectivity index (χ3n) is 5.45. The number of hydrogen-bond donors (Lipinski definition) is 1. The molecule has 0 aliphatic carbocycles. The minimum atomic E-state index is -0.768. The fourth-order valence-electron chi connectivity index (χ4n) is 3.76. The van der Waals surface area contributed by atoms with Gasteiger partial charge in [-0.25, -0.2) is 4.68 Å². The van der Waals surface area contributed by atoms with Crippen LogP contribution in [0, 0.1) is 0 Å². The van der Waals surface area contributed by atoms with E-state index >= 15 is 0 Å². The summed E-state index contributed by atoms with van der Waals surface area (Å²) in [6, 6.07) is 26.8. The largest absolute Gasteiger partial charge is 0.337 e. The van der Waals surface area contributed by atoms with Crippen molar-refractivity contribution in [3.63, 3.8) is 0 Å². The van der Waals surface area contributed by atoms with Gasteiger partial charge in [0.05, 0.1) is 10.9 Å². The van der Waals surface area contributed by atoms with E-state index in [0.29, 0.717) is 17.3 Å². The molecule has 0 saturated carbocycles. The van der Waals surface area contributed by atoms with Gasteiger partial charge in [0.2, 0.25) is 0 Å². The van der Waals surface area contributed by atoms with Crippen LogP contribution in [0.5, 0.6) is 0 Å². The SMILES string of the molecule is CCn1nc(C(=O)NC(C)(c2ccccc2)c2ccccc2)c2ccccc2c1=O. The molecule has 0 fully saturated rings. The fourth-order valence-corrected chi connectivity index (χ4v) is 3.76. The Hall–Kier alpha value is -3.73. The predicted octanol–water partition coefficient (Wildman–Crippen LogP) is 4.11. The van der Waals surface area contributed by atoms with Gasteiger partial charge in [-0.15, -0.1) is 0 Å². The first kappa shape index (κ1) is 19.6. The lowest BCUT2D eigenvalue weighted by atomic mass is 9.84. The Morgan fingerprint density at radius 2 is 1.37 bits per heavy atom. The summed E-state index contributed by atoms with van der Waals surface area (Å²) in [4.78, 5) is 26.1. The van der Waals surface area contributed by atoms with Crippen molar-refractivity contribution in [1.29, 1.82) is 0 Å². The number of fused-ring (bicyclic) bond motifs is 1. The molecule has 0 spiro atoms. The molecule has 5 nitrogen and oxygen atoms in total. The smallest absolute Gasteiger partial charge is 0.274 e. The van der Waals surface area contributed by atoms with E-state index in [1.807, 2.05) is 80.6 Å². The highest BCUT2D eigenvalue weighted by Gasteiger charge is 2.32. The zero-order valence-corrected chi connectivity index (χ0v) is 17.0. The minimum Gasteiger partial charge on any atom is -0.337 e. The molecule has 1 heterocycles. The van der Waals surface area contributed by atoms with E-state index in [4.69, 9.17) is 0 Å². The van der Waals surface area contributed by atoms with Crippen LogP contribution in [0.25, 0.3) is 10.8 Å². The number of carbonyl (C=O) groups is 1. The molecule has 5 heteroatoms. The summed E-state index contributed by atoms with van der Waals surface area (Å²) < 4.78 is 1.33. The number of carbonyl (C=O) groups excluding carboxylic acids is 1. The van der Waals surface area contributed by atoms with Crippen molar-refractivity contribution in [2.45, 2.75) is 25.9 Å². The van der Waals surface area contributed by atoms with Gasteiger partial charge in [0.15, 0.2) is 5.69 Å².